The average molecular weight is 602 g/mol. The molecule has 3 heterocycles. The number of aromatic nitrogens is 4. The lowest BCUT2D eigenvalue weighted by Crippen LogP contribution is -2.38. The summed E-state index contributed by atoms with van der Waals surface area (Å²) >= 11 is 0. The molecule has 1 aliphatic heterocycles. The molecule has 0 radical (unpaired) electrons. The van der Waals surface area contributed by atoms with Crippen molar-refractivity contribution in [1.29, 1.82) is 0 Å². The number of anilines is 1. The molecular weight excluding hydrogens is 558 g/mol. The number of carbonyl (C=O) groups is 1. The van der Waals surface area contributed by atoms with Crippen LogP contribution in [0.3, 0.4) is 0 Å². The Morgan fingerprint density at radius 2 is 1.89 bits per heavy atom. The molecule has 4 aromatic rings. The predicted molar refractivity (Wildman–Crippen MR) is 170 cm³/mol. The molecule has 1 fully saturated rings. The summed E-state index contributed by atoms with van der Waals surface area (Å²) in [5.74, 6) is -0.0471. The number of hydrogen-bond donors (Lipinski definition) is 2. The van der Waals surface area contributed by atoms with Gasteiger partial charge in [0.1, 0.15) is 5.52 Å². The molecule has 0 saturated carbocycles. The van der Waals surface area contributed by atoms with Crippen molar-refractivity contribution in [3.8, 4) is 6.01 Å². The molecule has 0 unspecified atom stereocenters. The smallest absolute Gasteiger partial charge is 0.327 e. The maximum absolute atomic E-state index is 12.9. The van der Waals surface area contributed by atoms with Gasteiger partial charge in [-0.15, -0.1) is 0 Å². The third-order valence-electron chi connectivity index (χ3n) is 8.15. The van der Waals surface area contributed by atoms with Crippen molar-refractivity contribution in [1.82, 2.24) is 29.3 Å². The summed E-state index contributed by atoms with van der Waals surface area (Å²) in [6.07, 6.45) is 3.91. The molecule has 0 amide bonds. The molecule has 2 aromatic carbocycles. The molecule has 1 atom stereocenters. The third kappa shape index (κ3) is 8.03. The summed E-state index contributed by atoms with van der Waals surface area (Å²) in [6, 6.07) is 19.3. The third-order valence-corrected chi connectivity index (χ3v) is 8.15. The number of fused-ring (bicyclic) bond motifs is 1. The standard InChI is InChI=1S/C33H43N7O4/c1-3-4-18-44-32-36-30(34)29-31(37-32)40(33(42)35-29)16-9-15-39(22-26-13-8-12-25(19-26)20-28(41)43-2)27-14-17-38(23-27)21-24-10-6-5-7-11-24/h5-8,10-13,19,27H,3-4,9,14-18,20-23H2,1-2H3,(H,35,42)(H2,34,36,37)/t27-/m1/s1. The molecule has 0 spiro atoms. The first-order valence-corrected chi connectivity index (χ1v) is 15.5. The number of H-pyrrole nitrogens is 1. The van der Waals surface area contributed by atoms with Gasteiger partial charge in [-0.05, 0) is 36.0 Å². The minimum absolute atomic E-state index is 0.189. The summed E-state index contributed by atoms with van der Waals surface area (Å²) in [4.78, 5) is 41.4. The zero-order valence-corrected chi connectivity index (χ0v) is 25.7. The van der Waals surface area contributed by atoms with Gasteiger partial charge in [0.05, 0.1) is 20.1 Å². The van der Waals surface area contributed by atoms with E-state index in [0.717, 1.165) is 69.5 Å². The number of methoxy groups -OCH3 is 1. The van der Waals surface area contributed by atoms with Crippen LogP contribution in [0, 0.1) is 0 Å². The molecule has 1 saturated heterocycles. The molecule has 44 heavy (non-hydrogen) atoms. The zero-order valence-electron chi connectivity index (χ0n) is 25.7. The van der Waals surface area contributed by atoms with Gasteiger partial charge >= 0.3 is 17.7 Å². The molecular formula is C33H43N7O4. The number of benzene rings is 2. The fraction of sp³-hybridized carbons (Fsp3) is 0.455. The van der Waals surface area contributed by atoms with Crippen molar-refractivity contribution in [2.75, 3.05) is 39.1 Å². The van der Waals surface area contributed by atoms with E-state index in [4.69, 9.17) is 15.2 Å². The topological polar surface area (TPSA) is 132 Å². The van der Waals surface area contributed by atoms with Crippen LogP contribution in [0.15, 0.2) is 59.4 Å². The van der Waals surface area contributed by atoms with E-state index >= 15 is 0 Å². The number of carbonyl (C=O) groups excluding carboxylic acids is 1. The van der Waals surface area contributed by atoms with Gasteiger partial charge in [0.25, 0.3) is 0 Å². The van der Waals surface area contributed by atoms with Crippen molar-refractivity contribution in [2.24, 2.45) is 0 Å². The number of rotatable bonds is 15. The second kappa shape index (κ2) is 15.0. The molecule has 0 aliphatic carbocycles. The number of nitrogens with two attached hydrogens (primary N) is 1. The minimum Gasteiger partial charge on any atom is -0.469 e. The van der Waals surface area contributed by atoms with Crippen molar-refractivity contribution in [2.45, 2.75) is 64.7 Å². The number of likely N-dealkylation sites (tertiary alicyclic amines) is 1. The first-order valence-electron chi connectivity index (χ1n) is 15.5. The van der Waals surface area contributed by atoms with Gasteiger partial charge in [0.2, 0.25) is 0 Å². The summed E-state index contributed by atoms with van der Waals surface area (Å²) in [5, 5.41) is 0. The van der Waals surface area contributed by atoms with Crippen LogP contribution in [-0.2, 0) is 35.6 Å². The Bertz CT molecular complexity index is 1590. The summed E-state index contributed by atoms with van der Waals surface area (Å²) in [5.41, 5.74) is 10.2. The Morgan fingerprint density at radius 3 is 2.68 bits per heavy atom. The maximum Gasteiger partial charge on any atom is 0.327 e. The number of nitrogen functional groups attached to an aromatic ring is 1. The largest absolute Gasteiger partial charge is 0.469 e. The molecule has 11 heteroatoms. The fourth-order valence-electron chi connectivity index (χ4n) is 5.84. The Morgan fingerprint density at radius 1 is 1.09 bits per heavy atom. The monoisotopic (exact) mass is 601 g/mol. The number of hydrogen-bond acceptors (Lipinski definition) is 9. The average Bonchev–Trinajstić information content (AvgIpc) is 3.61. The van der Waals surface area contributed by atoms with Gasteiger partial charge in [-0.3, -0.25) is 19.2 Å². The molecule has 5 rings (SSSR count). The molecule has 234 valence electrons. The minimum atomic E-state index is -0.260. The molecule has 11 nitrogen and oxygen atoms in total. The number of nitrogens with one attached hydrogen (secondary N) is 1. The Hall–Kier alpha value is -4.22. The zero-order chi connectivity index (χ0) is 30.9. The lowest BCUT2D eigenvalue weighted by molar-refractivity contribution is -0.139. The van der Waals surface area contributed by atoms with Crippen LogP contribution >= 0.6 is 0 Å². The van der Waals surface area contributed by atoms with E-state index in [9.17, 15) is 9.59 Å². The quantitative estimate of drug-likeness (QED) is 0.154. The summed E-state index contributed by atoms with van der Waals surface area (Å²) < 4.78 is 12.2. The Kier molecular flexibility index (Phi) is 10.6. The highest BCUT2D eigenvalue weighted by Gasteiger charge is 2.28. The lowest BCUT2D eigenvalue weighted by atomic mass is 10.1. The van der Waals surface area contributed by atoms with Crippen LogP contribution in [0.4, 0.5) is 5.82 Å². The van der Waals surface area contributed by atoms with Crippen LogP contribution in [0.25, 0.3) is 11.2 Å². The first-order chi connectivity index (χ1) is 21.4. The van der Waals surface area contributed by atoms with E-state index in [-0.39, 0.29) is 29.9 Å². The number of esters is 1. The molecule has 0 bridgehead atoms. The Balaban J connectivity index is 1.31. The van der Waals surface area contributed by atoms with Crippen LogP contribution in [0.2, 0.25) is 0 Å². The number of imidazole rings is 1. The van der Waals surface area contributed by atoms with Gasteiger partial charge in [-0.25, -0.2) is 4.79 Å². The van der Waals surface area contributed by atoms with Crippen molar-refractivity contribution in [3.63, 3.8) is 0 Å². The predicted octanol–water partition coefficient (Wildman–Crippen LogP) is 3.76. The highest BCUT2D eigenvalue weighted by molar-refractivity contribution is 5.81. The summed E-state index contributed by atoms with van der Waals surface area (Å²) in [6.45, 7) is 7.49. The fourth-order valence-corrected chi connectivity index (χ4v) is 5.84. The normalized spacial score (nSPS) is 15.3. The second-order valence-electron chi connectivity index (χ2n) is 11.4. The van der Waals surface area contributed by atoms with Gasteiger partial charge in [-0.2, -0.15) is 9.97 Å². The van der Waals surface area contributed by atoms with Crippen molar-refractivity contribution >= 4 is 23.0 Å². The number of aryl methyl sites for hydroxylation is 1. The number of nitrogens with zero attached hydrogens (tertiary/aromatic N) is 5. The van der Waals surface area contributed by atoms with Gasteiger partial charge in [-0.1, -0.05) is 67.9 Å². The molecule has 3 N–H and O–H groups in total. The Labute approximate surface area is 258 Å². The van der Waals surface area contributed by atoms with E-state index in [0.29, 0.717) is 30.4 Å². The first kappa shape index (κ1) is 31.2. The molecule has 1 aliphatic rings. The van der Waals surface area contributed by atoms with E-state index in [1.807, 2.05) is 18.2 Å². The second-order valence-corrected chi connectivity index (χ2v) is 11.4. The maximum atomic E-state index is 12.9. The van der Waals surface area contributed by atoms with Gasteiger partial charge in [0.15, 0.2) is 11.5 Å². The summed E-state index contributed by atoms with van der Waals surface area (Å²) in [7, 11) is 1.41. The van der Waals surface area contributed by atoms with Crippen LogP contribution < -0.4 is 16.2 Å². The van der Waals surface area contributed by atoms with E-state index in [2.05, 4.69) is 68.1 Å². The number of aromatic amines is 1. The SMILES string of the molecule is CCCCOc1nc(N)c2[nH]c(=O)n(CCCN(Cc3cccc(CC(=O)OC)c3)[C@@H]3CCN(Cc4ccccc4)C3)c2n1. The van der Waals surface area contributed by atoms with Gasteiger partial charge < -0.3 is 20.2 Å². The van der Waals surface area contributed by atoms with E-state index in [1.165, 1.54) is 12.7 Å². The number of ether oxygens (including phenoxy) is 2. The van der Waals surface area contributed by atoms with Gasteiger partial charge in [0, 0.05) is 45.3 Å². The molecule has 2 aromatic heterocycles. The van der Waals surface area contributed by atoms with Crippen LogP contribution in [0.1, 0.15) is 49.3 Å². The highest BCUT2D eigenvalue weighted by Crippen LogP contribution is 2.22. The van der Waals surface area contributed by atoms with Crippen LogP contribution in [-0.4, -0.2) is 74.7 Å². The van der Waals surface area contributed by atoms with Crippen molar-refractivity contribution < 1.29 is 14.3 Å². The van der Waals surface area contributed by atoms with Crippen LogP contribution in [0.5, 0.6) is 6.01 Å². The highest BCUT2D eigenvalue weighted by atomic mass is 16.5. The lowest BCUT2D eigenvalue weighted by Gasteiger charge is -2.29. The van der Waals surface area contributed by atoms with E-state index in [1.54, 1.807) is 4.57 Å². The van der Waals surface area contributed by atoms with Crippen molar-refractivity contribution in [3.05, 3.63) is 81.8 Å². The van der Waals surface area contributed by atoms with E-state index < -0.39 is 0 Å². The number of unbranched alkanes of at least 4 members (excludes halogenated alkanes) is 1.